The Kier molecular flexibility index (Phi) is 13.4. The van der Waals surface area contributed by atoms with Crippen LogP contribution in [0.15, 0.2) is 55.4 Å². The number of halogens is 3. The van der Waals surface area contributed by atoms with E-state index < -0.39 is 29.4 Å². The summed E-state index contributed by atoms with van der Waals surface area (Å²) in [4.78, 5) is 46.8. The normalized spacial score (nSPS) is 14.8. The van der Waals surface area contributed by atoms with Crippen molar-refractivity contribution in [2.45, 2.75) is 32.4 Å². The number of rotatable bonds is 8. The minimum atomic E-state index is -1.39. The molecule has 0 saturated carbocycles. The number of benzene rings is 1. The van der Waals surface area contributed by atoms with Crippen molar-refractivity contribution in [2.24, 2.45) is 5.73 Å². The first-order valence-corrected chi connectivity index (χ1v) is 14.7. The second-order valence-electron chi connectivity index (χ2n) is 10.6. The topological polar surface area (TPSA) is 174 Å². The van der Waals surface area contributed by atoms with Crippen LogP contribution in [-0.2, 0) is 22.4 Å². The monoisotopic (exact) mass is 703 g/mol. The number of hydrogen-bond acceptors (Lipinski definition) is 10. The van der Waals surface area contributed by atoms with Crippen LogP contribution in [0.1, 0.15) is 66.1 Å². The van der Waals surface area contributed by atoms with Crippen LogP contribution in [0.3, 0.4) is 0 Å². The Morgan fingerprint density at radius 2 is 1.96 bits per heavy atom. The summed E-state index contributed by atoms with van der Waals surface area (Å²) in [7, 11) is 0. The number of anilines is 1. The number of amides is 1. The fraction of sp³-hybridized carbons (Fsp3) is 0.312. The van der Waals surface area contributed by atoms with Gasteiger partial charge in [-0.2, -0.15) is 5.10 Å². The number of pyridine rings is 1. The zero-order valence-corrected chi connectivity index (χ0v) is 27.7. The van der Waals surface area contributed by atoms with Gasteiger partial charge in [0.1, 0.15) is 18.1 Å². The zero-order valence-electron chi connectivity index (χ0n) is 26.1. The van der Waals surface area contributed by atoms with Crippen molar-refractivity contribution in [1.29, 1.82) is 0 Å². The Balaban J connectivity index is 0.000000329. The number of carboxylic acids is 1. The smallest absolute Gasteiger partial charge is 0.354 e. The Morgan fingerprint density at radius 1 is 1.21 bits per heavy atom. The van der Waals surface area contributed by atoms with Gasteiger partial charge in [-0.25, -0.2) is 28.5 Å². The van der Waals surface area contributed by atoms with E-state index in [4.69, 9.17) is 15.2 Å². The van der Waals surface area contributed by atoms with Gasteiger partial charge >= 0.3 is 11.9 Å². The molecule has 1 fully saturated rings. The largest absolute Gasteiger partial charge is 0.477 e. The molecule has 1 saturated heterocycles. The van der Waals surface area contributed by atoms with Gasteiger partial charge in [-0.3, -0.25) is 4.79 Å². The van der Waals surface area contributed by atoms with E-state index in [9.17, 15) is 23.9 Å². The van der Waals surface area contributed by atoms with Gasteiger partial charge in [0.05, 0.1) is 31.0 Å². The van der Waals surface area contributed by atoms with Gasteiger partial charge in [-0.15, -0.1) is 24.8 Å². The minimum Gasteiger partial charge on any atom is -0.477 e. The zero-order chi connectivity index (χ0) is 32.8. The molecule has 6 rings (SSSR count). The highest BCUT2D eigenvalue weighted by Crippen LogP contribution is 2.35. The number of carboxylic acid groups (broad SMARTS) is 1. The van der Waals surface area contributed by atoms with Crippen LogP contribution in [0.4, 0.5) is 10.2 Å². The van der Waals surface area contributed by atoms with Crippen molar-refractivity contribution in [3.63, 3.8) is 0 Å². The van der Waals surface area contributed by atoms with E-state index in [2.05, 4.69) is 31.9 Å². The van der Waals surface area contributed by atoms with Gasteiger partial charge in [0.25, 0.3) is 5.91 Å². The number of carbonyl (C=O) groups excluding carboxylic acids is 2. The molecule has 1 aromatic carbocycles. The lowest BCUT2D eigenvalue weighted by atomic mass is 9.98. The first-order chi connectivity index (χ1) is 22.2. The summed E-state index contributed by atoms with van der Waals surface area (Å²) in [6, 6.07) is 8.10. The van der Waals surface area contributed by atoms with Gasteiger partial charge in [0, 0.05) is 31.9 Å². The minimum absolute atomic E-state index is 0. The van der Waals surface area contributed by atoms with E-state index in [1.807, 2.05) is 25.3 Å². The maximum atomic E-state index is 13.9. The van der Waals surface area contributed by atoms with Gasteiger partial charge in [0.2, 0.25) is 0 Å². The quantitative estimate of drug-likeness (QED) is 0.180. The van der Waals surface area contributed by atoms with Crippen LogP contribution in [0, 0.1) is 12.7 Å². The number of nitrogens with two attached hydrogens (primary N) is 1. The molecule has 4 aromatic rings. The Morgan fingerprint density at radius 3 is 2.65 bits per heavy atom. The first-order valence-electron chi connectivity index (χ1n) is 14.7. The van der Waals surface area contributed by atoms with E-state index >= 15 is 0 Å². The van der Waals surface area contributed by atoms with Gasteiger partial charge < -0.3 is 30.5 Å². The molecule has 1 aliphatic carbocycles. The van der Waals surface area contributed by atoms with Crippen molar-refractivity contribution in [3.05, 3.63) is 100 Å². The number of aromatic carboxylic acids is 1. The predicted octanol–water partition coefficient (Wildman–Crippen LogP) is 3.86. The molecule has 0 unspecified atom stereocenters. The number of esters is 1. The van der Waals surface area contributed by atoms with Crippen molar-refractivity contribution in [3.8, 4) is 0 Å². The lowest BCUT2D eigenvalue weighted by molar-refractivity contribution is 0.0548. The van der Waals surface area contributed by atoms with Crippen molar-refractivity contribution >= 4 is 54.1 Å². The van der Waals surface area contributed by atoms with Crippen LogP contribution in [0.2, 0.25) is 0 Å². The summed E-state index contributed by atoms with van der Waals surface area (Å²) in [6.07, 6.45) is 5.39. The lowest BCUT2D eigenvalue weighted by Gasteiger charge is -2.27. The van der Waals surface area contributed by atoms with E-state index in [-0.39, 0.29) is 48.8 Å². The van der Waals surface area contributed by atoms with E-state index in [1.54, 1.807) is 12.1 Å². The number of nitrogens with zero attached hydrogens (tertiary/aromatic N) is 5. The molecule has 0 bridgehead atoms. The maximum absolute atomic E-state index is 13.9. The summed E-state index contributed by atoms with van der Waals surface area (Å²) in [5, 5.41) is 15.9. The van der Waals surface area contributed by atoms with Gasteiger partial charge in [0.15, 0.2) is 17.2 Å². The predicted molar refractivity (Wildman–Crippen MR) is 180 cm³/mol. The average molecular weight is 705 g/mol. The van der Waals surface area contributed by atoms with Crippen molar-refractivity contribution < 1.29 is 33.4 Å². The molecular formula is C32H36Cl2FN7O6. The fourth-order valence-electron chi connectivity index (χ4n) is 5.46. The summed E-state index contributed by atoms with van der Waals surface area (Å²) in [5.41, 5.74) is 8.77. The summed E-state index contributed by atoms with van der Waals surface area (Å²) in [6.45, 7) is 9.44. The number of hydrogen-bond donors (Lipinski definition) is 3. The van der Waals surface area contributed by atoms with Gasteiger partial charge in [-0.05, 0) is 60.2 Å². The fourth-order valence-corrected chi connectivity index (χ4v) is 5.46. The van der Waals surface area contributed by atoms with E-state index in [1.165, 1.54) is 6.08 Å². The summed E-state index contributed by atoms with van der Waals surface area (Å²) in [5.74, 6) is -2.28. The molecule has 0 spiro atoms. The van der Waals surface area contributed by atoms with Gasteiger partial charge in [-0.1, -0.05) is 18.7 Å². The molecular weight excluding hydrogens is 668 g/mol. The Labute approximate surface area is 288 Å². The van der Waals surface area contributed by atoms with Crippen LogP contribution in [0.5, 0.6) is 0 Å². The molecule has 13 nitrogen and oxygen atoms in total. The summed E-state index contributed by atoms with van der Waals surface area (Å²) < 4.78 is 25.3. The molecule has 256 valence electrons. The van der Waals surface area contributed by atoms with Crippen molar-refractivity contribution in [1.82, 2.24) is 24.9 Å². The lowest BCUT2D eigenvalue weighted by Crippen LogP contribution is -2.36. The maximum Gasteiger partial charge on any atom is 0.354 e. The molecule has 48 heavy (non-hydrogen) atoms. The number of morpholine rings is 1. The molecule has 0 radical (unpaired) electrons. The Bertz CT molecular complexity index is 1800. The molecule has 3 aromatic heterocycles. The van der Waals surface area contributed by atoms with Crippen LogP contribution < -0.4 is 16.0 Å². The number of ether oxygens (including phenoxy) is 2. The number of carbonyl (C=O) groups is 3. The first kappa shape index (κ1) is 37.8. The molecule has 1 amide bonds. The van der Waals surface area contributed by atoms with Crippen LogP contribution in [-0.4, -0.2) is 75.4 Å². The van der Waals surface area contributed by atoms with E-state index in [0.29, 0.717) is 24.9 Å². The van der Waals surface area contributed by atoms with Crippen LogP contribution in [0.25, 0.3) is 5.65 Å². The molecule has 1 aliphatic heterocycles. The van der Waals surface area contributed by atoms with Crippen LogP contribution >= 0.6 is 24.8 Å². The third-order valence-electron chi connectivity index (χ3n) is 7.81. The second kappa shape index (κ2) is 17.0. The Hall–Kier alpha value is -4.63. The SMILES string of the molecule is C=CCOC(=O)c1ccc2c(c1C)CC[C@@H]2NC(=O)c1cc(C(=O)O)nc2c(F)cnn12.Cl.Cl.NCc1ccnc(N2CCOCC2)c1. The highest BCUT2D eigenvalue weighted by Gasteiger charge is 2.29. The number of fused-ring (bicyclic) bond motifs is 2. The molecule has 4 heterocycles. The molecule has 2 aliphatic rings. The molecule has 16 heteroatoms. The molecule has 1 atom stereocenters. The highest BCUT2D eigenvalue weighted by molar-refractivity contribution is 5.96. The number of aromatic nitrogens is 4. The second-order valence-corrected chi connectivity index (χ2v) is 10.6. The standard InChI is InChI=1S/C22H19FN4O5.C10H15N3O.2ClH/c1-3-8-32-22(31)13-4-5-14-12(11(13)2)6-7-16(14)26-20(28)18-9-17(21(29)30)25-19-15(23)10-24-27(18)19;11-8-9-1-2-12-10(7-9)13-3-5-14-6-4-13;;/h3-5,9-10,16H,1,6-8H2,2H3,(H,26,28)(H,29,30);1-2,7H,3-6,8,11H2;2*1H/t16-;;;/m0.../s1. The summed E-state index contributed by atoms with van der Waals surface area (Å²) >= 11 is 0. The average Bonchev–Trinajstić information content (AvgIpc) is 3.67. The van der Waals surface area contributed by atoms with Crippen molar-refractivity contribution in [2.75, 3.05) is 37.8 Å². The molecule has 4 N–H and O–H groups in total. The third kappa shape index (κ3) is 8.26. The highest BCUT2D eigenvalue weighted by atomic mass is 35.5. The third-order valence-corrected chi connectivity index (χ3v) is 7.81. The number of nitrogens with one attached hydrogen (secondary N) is 1. The van der Waals surface area contributed by atoms with E-state index in [0.717, 1.165) is 71.2 Å².